The number of aliphatic hydroxyl groups is 1. The molecule has 1 rings (SSSR count). The predicted octanol–water partition coefficient (Wildman–Crippen LogP) is 1.94. The average Bonchev–Trinajstić information content (AvgIpc) is 2.34. The van der Waals surface area contributed by atoms with Crippen LogP contribution in [0.15, 0.2) is 18.2 Å². The zero-order valence-electron chi connectivity index (χ0n) is 12.4. The fraction of sp³-hybridized carbons (Fsp3) is 0.533. The monoisotopic (exact) mass is 264 g/mol. The SMILES string of the molecule is Cc1cccc(NC(=O)CN(C)C(C)(C)CO)c1C. The molecule has 0 aliphatic carbocycles. The summed E-state index contributed by atoms with van der Waals surface area (Å²) in [4.78, 5) is 13.9. The van der Waals surface area contributed by atoms with Gasteiger partial charge in [0.15, 0.2) is 0 Å². The molecule has 0 aromatic heterocycles. The maximum absolute atomic E-state index is 12.0. The van der Waals surface area contributed by atoms with Crippen molar-refractivity contribution in [1.82, 2.24) is 4.90 Å². The maximum atomic E-state index is 12.0. The number of nitrogens with zero attached hydrogens (tertiary/aromatic N) is 1. The summed E-state index contributed by atoms with van der Waals surface area (Å²) in [6.45, 7) is 8.08. The molecule has 106 valence electrons. The molecule has 1 aromatic carbocycles. The molecule has 19 heavy (non-hydrogen) atoms. The zero-order chi connectivity index (χ0) is 14.6. The van der Waals surface area contributed by atoms with E-state index in [0.29, 0.717) is 0 Å². The lowest BCUT2D eigenvalue weighted by atomic mass is 10.1. The molecule has 1 amide bonds. The van der Waals surface area contributed by atoms with Gasteiger partial charge in [0.2, 0.25) is 5.91 Å². The number of likely N-dealkylation sites (N-methyl/N-ethyl adjacent to an activating group) is 1. The molecule has 2 N–H and O–H groups in total. The zero-order valence-corrected chi connectivity index (χ0v) is 12.4. The van der Waals surface area contributed by atoms with E-state index in [-0.39, 0.29) is 19.1 Å². The van der Waals surface area contributed by atoms with E-state index in [1.807, 2.05) is 57.8 Å². The molecule has 0 spiro atoms. The first-order valence-corrected chi connectivity index (χ1v) is 6.46. The number of rotatable bonds is 5. The first-order valence-electron chi connectivity index (χ1n) is 6.46. The second-order valence-electron chi connectivity index (χ2n) is 5.62. The van der Waals surface area contributed by atoms with E-state index in [9.17, 15) is 9.90 Å². The van der Waals surface area contributed by atoms with Gasteiger partial charge in [0.25, 0.3) is 0 Å². The molecule has 0 bridgehead atoms. The Morgan fingerprint density at radius 1 is 1.37 bits per heavy atom. The van der Waals surface area contributed by atoms with Crippen LogP contribution in [0.3, 0.4) is 0 Å². The van der Waals surface area contributed by atoms with Crippen LogP contribution in [-0.4, -0.2) is 41.7 Å². The van der Waals surface area contributed by atoms with E-state index in [1.165, 1.54) is 0 Å². The minimum Gasteiger partial charge on any atom is -0.394 e. The van der Waals surface area contributed by atoms with E-state index >= 15 is 0 Å². The van der Waals surface area contributed by atoms with Crippen LogP contribution in [-0.2, 0) is 4.79 Å². The Morgan fingerprint density at radius 2 is 2.00 bits per heavy atom. The van der Waals surface area contributed by atoms with Crippen molar-refractivity contribution in [3.05, 3.63) is 29.3 Å². The lowest BCUT2D eigenvalue weighted by Gasteiger charge is -2.33. The number of aliphatic hydroxyl groups excluding tert-OH is 1. The van der Waals surface area contributed by atoms with Gasteiger partial charge in [-0.3, -0.25) is 9.69 Å². The first kappa shape index (κ1) is 15.7. The summed E-state index contributed by atoms with van der Waals surface area (Å²) in [5, 5.41) is 12.2. The number of hydrogen-bond acceptors (Lipinski definition) is 3. The number of aryl methyl sites for hydroxylation is 1. The van der Waals surface area contributed by atoms with Crippen molar-refractivity contribution in [3.63, 3.8) is 0 Å². The third kappa shape index (κ3) is 4.04. The van der Waals surface area contributed by atoms with Crippen LogP contribution in [0.4, 0.5) is 5.69 Å². The topological polar surface area (TPSA) is 52.6 Å². The van der Waals surface area contributed by atoms with Gasteiger partial charge in [0, 0.05) is 11.2 Å². The van der Waals surface area contributed by atoms with Crippen LogP contribution >= 0.6 is 0 Å². The minimum atomic E-state index is -0.404. The summed E-state index contributed by atoms with van der Waals surface area (Å²) in [7, 11) is 1.83. The molecule has 1 aromatic rings. The van der Waals surface area contributed by atoms with E-state index < -0.39 is 5.54 Å². The van der Waals surface area contributed by atoms with Crippen molar-refractivity contribution in [2.75, 3.05) is 25.5 Å². The van der Waals surface area contributed by atoms with E-state index in [2.05, 4.69) is 5.32 Å². The highest BCUT2D eigenvalue weighted by molar-refractivity contribution is 5.93. The van der Waals surface area contributed by atoms with Crippen LogP contribution in [0, 0.1) is 13.8 Å². The predicted molar refractivity (Wildman–Crippen MR) is 78.3 cm³/mol. The van der Waals surface area contributed by atoms with Gasteiger partial charge >= 0.3 is 0 Å². The van der Waals surface area contributed by atoms with Crippen molar-refractivity contribution in [2.45, 2.75) is 33.2 Å². The quantitative estimate of drug-likeness (QED) is 0.854. The molecule has 0 radical (unpaired) electrons. The van der Waals surface area contributed by atoms with Gasteiger partial charge in [0.05, 0.1) is 13.2 Å². The number of amides is 1. The molecule has 0 atom stereocenters. The van der Waals surface area contributed by atoms with Crippen LogP contribution in [0.5, 0.6) is 0 Å². The van der Waals surface area contributed by atoms with Gasteiger partial charge in [-0.15, -0.1) is 0 Å². The van der Waals surface area contributed by atoms with Crippen molar-refractivity contribution >= 4 is 11.6 Å². The average molecular weight is 264 g/mol. The van der Waals surface area contributed by atoms with Crippen LogP contribution < -0.4 is 5.32 Å². The number of nitrogens with one attached hydrogen (secondary N) is 1. The molecule has 0 unspecified atom stereocenters. The van der Waals surface area contributed by atoms with Gasteiger partial charge in [-0.1, -0.05) is 12.1 Å². The number of hydrogen-bond donors (Lipinski definition) is 2. The Bertz CT molecular complexity index is 455. The van der Waals surface area contributed by atoms with Gasteiger partial charge in [-0.2, -0.15) is 0 Å². The molecule has 0 heterocycles. The summed E-state index contributed by atoms with van der Waals surface area (Å²) in [5.74, 6) is -0.0716. The smallest absolute Gasteiger partial charge is 0.238 e. The first-order chi connectivity index (χ1) is 8.77. The van der Waals surface area contributed by atoms with Crippen molar-refractivity contribution in [3.8, 4) is 0 Å². The summed E-state index contributed by atoms with van der Waals surface area (Å²) in [6, 6.07) is 5.85. The number of anilines is 1. The molecular formula is C15H24N2O2. The lowest BCUT2D eigenvalue weighted by Crippen LogP contribution is -2.47. The van der Waals surface area contributed by atoms with Crippen LogP contribution in [0.1, 0.15) is 25.0 Å². The largest absolute Gasteiger partial charge is 0.394 e. The Kier molecular flexibility index (Phi) is 5.09. The van der Waals surface area contributed by atoms with Crippen LogP contribution in [0.2, 0.25) is 0 Å². The third-order valence-corrected chi connectivity index (χ3v) is 3.68. The molecular weight excluding hydrogens is 240 g/mol. The number of carbonyl (C=O) groups excluding carboxylic acids is 1. The fourth-order valence-corrected chi connectivity index (χ4v) is 1.63. The Hall–Kier alpha value is -1.39. The molecule has 0 fully saturated rings. The third-order valence-electron chi connectivity index (χ3n) is 3.68. The molecule has 0 aliphatic heterocycles. The molecule has 4 heteroatoms. The normalized spacial score (nSPS) is 11.7. The lowest BCUT2D eigenvalue weighted by molar-refractivity contribution is -0.118. The number of benzene rings is 1. The minimum absolute atomic E-state index is 0.0141. The highest BCUT2D eigenvalue weighted by Crippen LogP contribution is 2.18. The molecule has 0 aliphatic rings. The highest BCUT2D eigenvalue weighted by atomic mass is 16.3. The summed E-state index contributed by atoms with van der Waals surface area (Å²) >= 11 is 0. The number of carbonyl (C=O) groups is 1. The Balaban J connectivity index is 2.68. The van der Waals surface area contributed by atoms with Crippen molar-refractivity contribution in [2.24, 2.45) is 0 Å². The van der Waals surface area contributed by atoms with Gasteiger partial charge in [-0.25, -0.2) is 0 Å². The van der Waals surface area contributed by atoms with E-state index in [4.69, 9.17) is 0 Å². The van der Waals surface area contributed by atoms with Crippen molar-refractivity contribution < 1.29 is 9.90 Å². The van der Waals surface area contributed by atoms with Gasteiger partial charge in [-0.05, 0) is 51.9 Å². The second-order valence-corrected chi connectivity index (χ2v) is 5.62. The highest BCUT2D eigenvalue weighted by Gasteiger charge is 2.24. The standard InChI is InChI=1S/C15H24N2O2/c1-11-7-6-8-13(12(11)2)16-14(19)9-17(5)15(3,4)10-18/h6-8,18H,9-10H2,1-5H3,(H,16,19). The molecule has 0 saturated carbocycles. The Morgan fingerprint density at radius 3 is 2.58 bits per heavy atom. The van der Waals surface area contributed by atoms with Crippen LogP contribution in [0.25, 0.3) is 0 Å². The van der Waals surface area contributed by atoms with Gasteiger partial charge < -0.3 is 10.4 Å². The summed E-state index contributed by atoms with van der Waals surface area (Å²) in [5.41, 5.74) is 2.68. The Labute approximate surface area is 115 Å². The maximum Gasteiger partial charge on any atom is 0.238 e. The van der Waals surface area contributed by atoms with Crippen molar-refractivity contribution in [1.29, 1.82) is 0 Å². The summed E-state index contributed by atoms with van der Waals surface area (Å²) in [6.07, 6.45) is 0. The molecule has 0 saturated heterocycles. The summed E-state index contributed by atoms with van der Waals surface area (Å²) < 4.78 is 0. The van der Waals surface area contributed by atoms with Gasteiger partial charge in [0.1, 0.15) is 0 Å². The van der Waals surface area contributed by atoms with E-state index in [0.717, 1.165) is 16.8 Å². The second kappa shape index (κ2) is 6.17. The van der Waals surface area contributed by atoms with E-state index in [1.54, 1.807) is 0 Å². The fourth-order valence-electron chi connectivity index (χ4n) is 1.63. The molecule has 4 nitrogen and oxygen atoms in total.